The first-order valence-electron chi connectivity index (χ1n) is 6.10. The third kappa shape index (κ3) is 3.29. The zero-order chi connectivity index (χ0) is 13.8. The second-order valence-corrected chi connectivity index (χ2v) is 5.18. The fourth-order valence-corrected chi connectivity index (χ4v) is 2.24. The Hall–Kier alpha value is -1.49. The Kier molecular flexibility index (Phi) is 4.47. The van der Waals surface area contributed by atoms with Gasteiger partial charge in [0.15, 0.2) is 5.78 Å². The van der Waals surface area contributed by atoms with E-state index in [0.29, 0.717) is 10.3 Å². The normalized spacial score (nSPS) is 10.7. The van der Waals surface area contributed by atoms with Gasteiger partial charge in [-0.05, 0) is 24.6 Å². The average Bonchev–Trinajstić information content (AvgIpc) is 2.77. The van der Waals surface area contributed by atoms with Crippen molar-refractivity contribution >= 4 is 21.7 Å². The van der Waals surface area contributed by atoms with Crippen LogP contribution in [-0.4, -0.2) is 15.3 Å². The SMILES string of the molecule is CCCn1ccnc1CC(=O)c1ccc(Br)cc1F. The van der Waals surface area contributed by atoms with Crippen LogP contribution in [0.25, 0.3) is 0 Å². The van der Waals surface area contributed by atoms with E-state index in [1.807, 2.05) is 10.8 Å². The highest BCUT2D eigenvalue weighted by atomic mass is 79.9. The summed E-state index contributed by atoms with van der Waals surface area (Å²) in [4.78, 5) is 16.2. The van der Waals surface area contributed by atoms with Gasteiger partial charge in [0.2, 0.25) is 0 Å². The Morgan fingerprint density at radius 2 is 2.26 bits per heavy atom. The Morgan fingerprint density at radius 1 is 1.47 bits per heavy atom. The number of benzene rings is 1. The predicted molar refractivity (Wildman–Crippen MR) is 74.7 cm³/mol. The molecule has 0 unspecified atom stereocenters. The van der Waals surface area contributed by atoms with Gasteiger partial charge in [-0.2, -0.15) is 0 Å². The van der Waals surface area contributed by atoms with Crippen LogP contribution in [0.4, 0.5) is 4.39 Å². The molecule has 0 aliphatic heterocycles. The summed E-state index contributed by atoms with van der Waals surface area (Å²) < 4.78 is 16.2. The molecule has 0 atom stereocenters. The van der Waals surface area contributed by atoms with E-state index >= 15 is 0 Å². The van der Waals surface area contributed by atoms with Crippen molar-refractivity contribution in [2.75, 3.05) is 0 Å². The standard InChI is InChI=1S/C14H14BrFN2O/c1-2-6-18-7-5-17-14(18)9-13(19)11-4-3-10(15)8-12(11)16/h3-5,7-8H,2,6,9H2,1H3. The first kappa shape index (κ1) is 13.9. The lowest BCUT2D eigenvalue weighted by molar-refractivity contribution is 0.0986. The topological polar surface area (TPSA) is 34.9 Å². The summed E-state index contributed by atoms with van der Waals surface area (Å²) in [6.07, 6.45) is 4.58. The van der Waals surface area contributed by atoms with E-state index in [4.69, 9.17) is 0 Å². The van der Waals surface area contributed by atoms with Gasteiger partial charge in [0, 0.05) is 23.4 Å². The zero-order valence-electron chi connectivity index (χ0n) is 10.6. The molecule has 0 bridgehead atoms. The number of hydrogen-bond donors (Lipinski definition) is 0. The summed E-state index contributed by atoms with van der Waals surface area (Å²) in [6, 6.07) is 4.45. The van der Waals surface area contributed by atoms with Gasteiger partial charge in [0.05, 0.1) is 12.0 Å². The maximum atomic E-state index is 13.7. The van der Waals surface area contributed by atoms with Crippen molar-refractivity contribution in [2.24, 2.45) is 0 Å². The summed E-state index contributed by atoms with van der Waals surface area (Å²) in [6.45, 7) is 2.87. The minimum atomic E-state index is -0.507. The van der Waals surface area contributed by atoms with Crippen LogP contribution in [0.1, 0.15) is 29.5 Å². The van der Waals surface area contributed by atoms with Crippen molar-refractivity contribution in [1.82, 2.24) is 9.55 Å². The number of ketones is 1. The lowest BCUT2D eigenvalue weighted by Crippen LogP contribution is -2.11. The number of carbonyl (C=O) groups excluding carboxylic acids is 1. The van der Waals surface area contributed by atoms with Crippen molar-refractivity contribution in [1.29, 1.82) is 0 Å². The summed E-state index contributed by atoms with van der Waals surface area (Å²) in [5.74, 6) is -0.0873. The van der Waals surface area contributed by atoms with Gasteiger partial charge in [-0.25, -0.2) is 9.37 Å². The molecule has 0 saturated heterocycles. The molecule has 0 aliphatic rings. The van der Waals surface area contributed by atoms with Crippen molar-refractivity contribution < 1.29 is 9.18 Å². The second-order valence-electron chi connectivity index (χ2n) is 4.26. The highest BCUT2D eigenvalue weighted by molar-refractivity contribution is 9.10. The lowest BCUT2D eigenvalue weighted by Gasteiger charge is -2.06. The highest BCUT2D eigenvalue weighted by Crippen LogP contribution is 2.17. The molecule has 1 heterocycles. The highest BCUT2D eigenvalue weighted by Gasteiger charge is 2.15. The number of imidazole rings is 1. The maximum Gasteiger partial charge on any atom is 0.173 e. The van der Waals surface area contributed by atoms with Crippen molar-refractivity contribution in [3.05, 3.63) is 52.3 Å². The summed E-state index contributed by atoms with van der Waals surface area (Å²) in [5.41, 5.74) is 0.106. The van der Waals surface area contributed by atoms with Gasteiger partial charge in [0.25, 0.3) is 0 Å². The Balaban J connectivity index is 2.18. The number of Topliss-reactive ketones (excluding diaryl/α,β-unsaturated/α-hetero) is 1. The molecule has 0 amide bonds. The minimum absolute atomic E-state index is 0.106. The van der Waals surface area contributed by atoms with E-state index in [2.05, 4.69) is 27.8 Å². The van der Waals surface area contributed by atoms with Crippen LogP contribution in [0.3, 0.4) is 0 Å². The lowest BCUT2D eigenvalue weighted by atomic mass is 10.1. The molecular formula is C14H14BrFN2O. The Bertz CT molecular complexity index is 595. The largest absolute Gasteiger partial charge is 0.335 e. The van der Waals surface area contributed by atoms with E-state index in [0.717, 1.165) is 13.0 Å². The summed E-state index contributed by atoms with van der Waals surface area (Å²) in [5, 5.41) is 0. The van der Waals surface area contributed by atoms with Gasteiger partial charge < -0.3 is 4.57 Å². The molecule has 0 spiro atoms. The van der Waals surface area contributed by atoms with Gasteiger partial charge in [-0.3, -0.25) is 4.79 Å². The van der Waals surface area contributed by atoms with Crippen LogP contribution in [0, 0.1) is 5.82 Å². The fraction of sp³-hybridized carbons (Fsp3) is 0.286. The number of aromatic nitrogens is 2. The van der Waals surface area contributed by atoms with Gasteiger partial charge in [-0.1, -0.05) is 22.9 Å². The van der Waals surface area contributed by atoms with Crippen LogP contribution in [0.15, 0.2) is 35.1 Å². The number of aryl methyl sites for hydroxylation is 1. The molecule has 19 heavy (non-hydrogen) atoms. The quantitative estimate of drug-likeness (QED) is 0.787. The first-order chi connectivity index (χ1) is 9.11. The van der Waals surface area contributed by atoms with E-state index in [1.165, 1.54) is 12.1 Å². The van der Waals surface area contributed by atoms with Crippen LogP contribution in [0.2, 0.25) is 0 Å². The van der Waals surface area contributed by atoms with E-state index < -0.39 is 5.82 Å². The van der Waals surface area contributed by atoms with Gasteiger partial charge >= 0.3 is 0 Å². The van der Waals surface area contributed by atoms with Crippen molar-refractivity contribution in [2.45, 2.75) is 26.3 Å². The summed E-state index contributed by atoms with van der Waals surface area (Å²) >= 11 is 3.17. The van der Waals surface area contributed by atoms with Gasteiger partial charge in [0.1, 0.15) is 11.6 Å². The Labute approximate surface area is 119 Å². The molecule has 5 heteroatoms. The van der Waals surface area contributed by atoms with Crippen LogP contribution in [-0.2, 0) is 13.0 Å². The number of rotatable bonds is 5. The fourth-order valence-electron chi connectivity index (χ4n) is 1.91. The molecule has 1 aromatic carbocycles. The van der Waals surface area contributed by atoms with Gasteiger partial charge in [-0.15, -0.1) is 0 Å². The van der Waals surface area contributed by atoms with Crippen LogP contribution >= 0.6 is 15.9 Å². The number of halogens is 2. The zero-order valence-corrected chi connectivity index (χ0v) is 12.2. The molecular weight excluding hydrogens is 311 g/mol. The number of carbonyl (C=O) groups is 1. The molecule has 0 saturated carbocycles. The second kappa shape index (κ2) is 6.10. The molecule has 0 aliphatic carbocycles. The van der Waals surface area contributed by atoms with Crippen molar-refractivity contribution in [3.63, 3.8) is 0 Å². The first-order valence-corrected chi connectivity index (χ1v) is 6.89. The molecule has 2 rings (SSSR count). The van der Waals surface area contributed by atoms with Crippen LogP contribution in [0.5, 0.6) is 0 Å². The third-order valence-electron chi connectivity index (χ3n) is 2.82. The Morgan fingerprint density at radius 3 is 2.95 bits per heavy atom. The van der Waals surface area contributed by atoms with Crippen molar-refractivity contribution in [3.8, 4) is 0 Å². The molecule has 3 nitrogen and oxygen atoms in total. The van der Waals surface area contributed by atoms with E-state index in [-0.39, 0.29) is 17.8 Å². The smallest absolute Gasteiger partial charge is 0.173 e. The monoisotopic (exact) mass is 324 g/mol. The number of nitrogens with zero attached hydrogens (tertiary/aromatic N) is 2. The average molecular weight is 325 g/mol. The van der Waals surface area contributed by atoms with Crippen LogP contribution < -0.4 is 0 Å². The molecule has 2 aromatic rings. The third-order valence-corrected chi connectivity index (χ3v) is 3.31. The maximum absolute atomic E-state index is 13.7. The van der Waals surface area contributed by atoms with E-state index in [9.17, 15) is 9.18 Å². The summed E-state index contributed by atoms with van der Waals surface area (Å²) in [7, 11) is 0. The predicted octanol–water partition coefficient (Wildman–Crippen LogP) is 3.62. The number of hydrogen-bond acceptors (Lipinski definition) is 2. The molecule has 100 valence electrons. The van der Waals surface area contributed by atoms with E-state index in [1.54, 1.807) is 12.3 Å². The minimum Gasteiger partial charge on any atom is -0.335 e. The molecule has 0 N–H and O–H groups in total. The molecule has 0 fully saturated rings. The molecule has 1 aromatic heterocycles. The molecule has 0 radical (unpaired) electrons.